The third kappa shape index (κ3) is 11.2. The summed E-state index contributed by atoms with van der Waals surface area (Å²) in [6.07, 6.45) is 6.18. The summed E-state index contributed by atoms with van der Waals surface area (Å²) in [5.41, 5.74) is 2.48. The van der Waals surface area contributed by atoms with Crippen molar-refractivity contribution in [1.82, 2.24) is 0 Å². The predicted molar refractivity (Wildman–Crippen MR) is 140 cm³/mol. The van der Waals surface area contributed by atoms with E-state index in [1.54, 1.807) is 0 Å². The van der Waals surface area contributed by atoms with Gasteiger partial charge in [-0.1, -0.05) is 62.8 Å². The highest BCUT2D eigenvalue weighted by Gasteiger charge is 2.38. The lowest BCUT2D eigenvalue weighted by atomic mass is 10.1. The van der Waals surface area contributed by atoms with Gasteiger partial charge in [-0.05, 0) is 89.1 Å². The first-order valence-electron chi connectivity index (χ1n) is 10.9. The van der Waals surface area contributed by atoms with Gasteiger partial charge in [-0.2, -0.15) is 0 Å². The Morgan fingerprint density at radius 1 is 1.10 bits per heavy atom. The lowest BCUT2D eigenvalue weighted by molar-refractivity contribution is 0.123. The molecule has 0 aliphatic rings. The molecule has 0 amide bonds. The Balaban J connectivity index is 2.69. The molecule has 0 aromatic heterocycles. The molecule has 0 heterocycles. The van der Waals surface area contributed by atoms with E-state index in [-0.39, 0.29) is 11.1 Å². The molecule has 0 spiro atoms. The van der Waals surface area contributed by atoms with Crippen LogP contribution in [0.15, 0.2) is 51.6 Å². The molecule has 0 radical (unpaired) electrons. The van der Waals surface area contributed by atoms with Gasteiger partial charge in [-0.25, -0.2) is 0 Å². The minimum atomic E-state index is -1.90. The topological polar surface area (TPSA) is 38.7 Å². The maximum absolute atomic E-state index is 10.3. The highest BCUT2D eigenvalue weighted by molar-refractivity contribution is 14.1. The minimum absolute atomic E-state index is 0.0255. The van der Waals surface area contributed by atoms with Crippen molar-refractivity contribution in [1.29, 1.82) is 0 Å². The van der Waals surface area contributed by atoms with Crippen molar-refractivity contribution in [2.45, 2.75) is 90.8 Å². The summed E-state index contributed by atoms with van der Waals surface area (Å²) < 4.78 is 13.7. The van der Waals surface area contributed by atoms with Crippen LogP contribution in [0.5, 0.6) is 0 Å². The monoisotopic (exact) mass is 544 g/mol. The molecule has 1 rings (SSSR count). The van der Waals surface area contributed by atoms with Crippen molar-refractivity contribution < 1.29 is 14.3 Å². The molecular formula is C25H41IO3Si. The molecular weight excluding hydrogens is 503 g/mol. The summed E-state index contributed by atoms with van der Waals surface area (Å²) in [6.45, 7) is 16.9. The maximum atomic E-state index is 10.3. The number of hydrogen-bond acceptors (Lipinski definition) is 3. The first-order chi connectivity index (χ1) is 13.9. The van der Waals surface area contributed by atoms with Crippen LogP contribution >= 0.6 is 22.6 Å². The van der Waals surface area contributed by atoms with Gasteiger partial charge < -0.3 is 14.3 Å². The molecule has 3 nitrogen and oxygen atoms in total. The Bertz CT molecular complexity index is 673. The SMILES string of the molecule is C/C(I)=C/C(O)CCC(/C=C(\C)CCOCc1ccccc1)O[Si](C)(C)C(C)(C)C. The zero-order chi connectivity index (χ0) is 22.8. The Morgan fingerprint density at radius 2 is 1.73 bits per heavy atom. The maximum Gasteiger partial charge on any atom is 0.192 e. The molecule has 0 saturated heterocycles. The Hall–Kier alpha value is -0.473. The predicted octanol–water partition coefficient (Wildman–Crippen LogP) is 7.41. The van der Waals surface area contributed by atoms with E-state index >= 15 is 0 Å². The third-order valence-electron chi connectivity index (χ3n) is 5.64. The first-order valence-corrected chi connectivity index (χ1v) is 14.9. The second kappa shape index (κ2) is 13.2. The lowest BCUT2D eigenvalue weighted by Gasteiger charge is -2.39. The van der Waals surface area contributed by atoms with Gasteiger partial charge in [-0.3, -0.25) is 0 Å². The van der Waals surface area contributed by atoms with E-state index < -0.39 is 14.4 Å². The van der Waals surface area contributed by atoms with E-state index in [1.165, 1.54) is 11.1 Å². The van der Waals surface area contributed by atoms with Gasteiger partial charge >= 0.3 is 0 Å². The van der Waals surface area contributed by atoms with Gasteiger partial charge in [0.25, 0.3) is 0 Å². The van der Waals surface area contributed by atoms with Gasteiger partial charge in [0.1, 0.15) is 0 Å². The van der Waals surface area contributed by atoms with Crippen molar-refractivity contribution >= 4 is 30.9 Å². The van der Waals surface area contributed by atoms with Crippen molar-refractivity contribution in [2.24, 2.45) is 0 Å². The summed E-state index contributed by atoms with van der Waals surface area (Å²) in [6, 6.07) is 10.3. The number of aliphatic hydroxyl groups is 1. The fourth-order valence-corrected chi connectivity index (χ4v) is 4.52. The van der Waals surface area contributed by atoms with Crippen LogP contribution in [0.2, 0.25) is 18.1 Å². The summed E-state index contributed by atoms with van der Waals surface area (Å²) in [7, 11) is -1.90. The first kappa shape index (κ1) is 27.6. The fraction of sp³-hybridized carbons (Fsp3) is 0.600. The van der Waals surface area contributed by atoms with Crippen molar-refractivity contribution in [3.63, 3.8) is 0 Å². The molecule has 0 bridgehead atoms. The Morgan fingerprint density at radius 3 is 2.30 bits per heavy atom. The van der Waals surface area contributed by atoms with E-state index in [2.05, 4.69) is 81.6 Å². The normalized spacial score (nSPS) is 15.9. The largest absolute Gasteiger partial charge is 0.411 e. The van der Waals surface area contributed by atoms with Gasteiger partial charge in [0.2, 0.25) is 0 Å². The number of aliphatic hydroxyl groups excluding tert-OH is 1. The summed E-state index contributed by atoms with van der Waals surface area (Å²) in [5.74, 6) is 0. The third-order valence-corrected chi connectivity index (χ3v) is 10.5. The average Bonchev–Trinajstić information content (AvgIpc) is 2.62. The van der Waals surface area contributed by atoms with Crippen LogP contribution in [-0.4, -0.2) is 32.2 Å². The van der Waals surface area contributed by atoms with Crippen LogP contribution in [0.3, 0.4) is 0 Å². The Labute approximate surface area is 199 Å². The van der Waals surface area contributed by atoms with Gasteiger partial charge in [0, 0.05) is 0 Å². The molecule has 30 heavy (non-hydrogen) atoms. The number of ether oxygens (including phenoxy) is 1. The molecule has 0 fully saturated rings. The van der Waals surface area contributed by atoms with E-state index in [0.29, 0.717) is 19.6 Å². The van der Waals surface area contributed by atoms with Crippen LogP contribution in [-0.2, 0) is 15.8 Å². The molecule has 0 aliphatic heterocycles. The van der Waals surface area contributed by atoms with Crippen molar-refractivity contribution in [3.8, 4) is 0 Å². The molecule has 5 heteroatoms. The van der Waals surface area contributed by atoms with Gasteiger partial charge in [-0.15, -0.1) is 0 Å². The lowest BCUT2D eigenvalue weighted by Crippen LogP contribution is -2.43. The number of benzene rings is 1. The zero-order valence-corrected chi connectivity index (χ0v) is 23.0. The molecule has 170 valence electrons. The summed E-state index contributed by atoms with van der Waals surface area (Å²) in [4.78, 5) is 0. The molecule has 2 unspecified atom stereocenters. The number of hydrogen-bond donors (Lipinski definition) is 1. The van der Waals surface area contributed by atoms with E-state index in [4.69, 9.17) is 9.16 Å². The molecule has 1 N–H and O–H groups in total. The van der Waals surface area contributed by atoms with Crippen LogP contribution < -0.4 is 0 Å². The molecule has 0 aliphatic carbocycles. The Kier molecular flexibility index (Phi) is 12.1. The second-order valence-electron chi connectivity index (χ2n) is 9.62. The van der Waals surface area contributed by atoms with E-state index in [9.17, 15) is 5.11 Å². The van der Waals surface area contributed by atoms with E-state index in [0.717, 1.165) is 16.4 Å². The fourth-order valence-electron chi connectivity index (χ4n) is 2.81. The summed E-state index contributed by atoms with van der Waals surface area (Å²) in [5, 5.41) is 10.4. The van der Waals surface area contributed by atoms with Crippen LogP contribution in [0.25, 0.3) is 0 Å². The minimum Gasteiger partial charge on any atom is -0.411 e. The smallest absolute Gasteiger partial charge is 0.192 e. The van der Waals surface area contributed by atoms with Gasteiger partial charge in [0.05, 0.1) is 25.4 Å². The van der Waals surface area contributed by atoms with Crippen LogP contribution in [0.1, 0.15) is 59.4 Å². The zero-order valence-electron chi connectivity index (χ0n) is 19.9. The van der Waals surface area contributed by atoms with E-state index in [1.807, 2.05) is 31.2 Å². The van der Waals surface area contributed by atoms with Crippen molar-refractivity contribution in [2.75, 3.05) is 6.61 Å². The molecule has 0 saturated carbocycles. The molecule has 1 aromatic rings. The van der Waals surface area contributed by atoms with Crippen LogP contribution in [0, 0.1) is 0 Å². The van der Waals surface area contributed by atoms with Crippen molar-refractivity contribution in [3.05, 3.63) is 57.2 Å². The average molecular weight is 545 g/mol. The number of rotatable bonds is 12. The number of allylic oxidation sites excluding steroid dienone is 1. The highest BCUT2D eigenvalue weighted by atomic mass is 127. The second-order valence-corrected chi connectivity index (χ2v) is 16.1. The molecule has 1 aromatic carbocycles. The van der Waals surface area contributed by atoms with Gasteiger partial charge in [0.15, 0.2) is 8.32 Å². The summed E-state index contributed by atoms with van der Waals surface area (Å²) >= 11 is 2.24. The number of halogens is 1. The molecule has 2 atom stereocenters. The quantitative estimate of drug-likeness (QED) is 0.129. The van der Waals surface area contributed by atoms with Crippen LogP contribution in [0.4, 0.5) is 0 Å². The highest BCUT2D eigenvalue weighted by Crippen LogP contribution is 2.38. The standard InChI is InChI=1S/C25H41IO3Si/c1-20(15-16-28-19-22-11-9-8-10-12-22)17-24(14-13-23(27)18-21(2)26)29-30(6,7)25(3,4)5/h8-12,17-18,23-24,27H,13-16,19H2,1-7H3/b20-17+,21-18-.